The Morgan fingerprint density at radius 3 is 2.65 bits per heavy atom. The molecule has 0 aliphatic rings. The number of likely N-dealkylation sites (N-methyl/N-ethyl adjacent to an activating group) is 1. The van der Waals surface area contributed by atoms with E-state index in [2.05, 4.69) is 4.98 Å². The number of hydrogen-bond donors (Lipinski definition) is 1. The molecule has 4 nitrogen and oxygen atoms in total. The summed E-state index contributed by atoms with van der Waals surface area (Å²) >= 11 is 6.13. The molecule has 0 spiro atoms. The van der Waals surface area contributed by atoms with E-state index in [4.69, 9.17) is 16.7 Å². The van der Waals surface area contributed by atoms with E-state index in [1.807, 2.05) is 24.1 Å². The first kappa shape index (κ1) is 14.3. The number of carboxylic acid groups (broad SMARTS) is 1. The molecule has 0 atom stereocenters. The highest BCUT2D eigenvalue weighted by Gasteiger charge is 2.10. The van der Waals surface area contributed by atoms with Gasteiger partial charge in [-0.25, -0.2) is 4.79 Å². The van der Waals surface area contributed by atoms with Gasteiger partial charge in [0.15, 0.2) is 0 Å². The molecule has 0 unspecified atom stereocenters. The molecule has 0 radical (unpaired) electrons. The molecule has 0 saturated heterocycles. The molecule has 104 valence electrons. The van der Waals surface area contributed by atoms with Crippen LogP contribution in [0.4, 0.5) is 5.69 Å². The number of hydrogen-bond acceptors (Lipinski definition) is 3. The van der Waals surface area contributed by atoms with Gasteiger partial charge in [-0.3, -0.25) is 4.98 Å². The highest BCUT2D eigenvalue weighted by Crippen LogP contribution is 2.26. The minimum Gasteiger partial charge on any atom is -0.478 e. The van der Waals surface area contributed by atoms with Crippen LogP contribution in [-0.2, 0) is 6.42 Å². The van der Waals surface area contributed by atoms with Crippen molar-refractivity contribution >= 4 is 23.3 Å². The van der Waals surface area contributed by atoms with Gasteiger partial charge >= 0.3 is 5.97 Å². The summed E-state index contributed by atoms with van der Waals surface area (Å²) in [5.74, 6) is -0.953. The van der Waals surface area contributed by atoms with E-state index >= 15 is 0 Å². The predicted octanol–water partition coefficient (Wildman–Crippen LogP) is 3.11. The Labute approximate surface area is 122 Å². The van der Waals surface area contributed by atoms with Crippen molar-refractivity contribution in [3.8, 4) is 0 Å². The van der Waals surface area contributed by atoms with Crippen molar-refractivity contribution in [1.82, 2.24) is 4.98 Å². The SMILES string of the molecule is CN(CCc1ccncc1)c1cc(C(=O)O)ccc1Cl. The van der Waals surface area contributed by atoms with Gasteiger partial charge in [-0.05, 0) is 42.3 Å². The average Bonchev–Trinajstić information content (AvgIpc) is 2.46. The Bertz CT molecular complexity index is 602. The molecule has 2 aromatic rings. The van der Waals surface area contributed by atoms with Crippen LogP contribution in [0.3, 0.4) is 0 Å². The summed E-state index contributed by atoms with van der Waals surface area (Å²) in [6.45, 7) is 0.743. The van der Waals surface area contributed by atoms with Gasteiger partial charge in [-0.2, -0.15) is 0 Å². The topological polar surface area (TPSA) is 53.4 Å². The largest absolute Gasteiger partial charge is 0.478 e. The number of pyridine rings is 1. The Kier molecular flexibility index (Phi) is 4.58. The van der Waals surface area contributed by atoms with E-state index in [0.29, 0.717) is 5.02 Å². The number of benzene rings is 1. The standard InChI is InChI=1S/C15H15ClN2O2/c1-18(9-6-11-4-7-17-8-5-11)14-10-12(15(19)20)2-3-13(14)16/h2-5,7-8,10H,6,9H2,1H3,(H,19,20). The minimum absolute atomic E-state index is 0.236. The highest BCUT2D eigenvalue weighted by atomic mass is 35.5. The van der Waals surface area contributed by atoms with E-state index < -0.39 is 5.97 Å². The van der Waals surface area contributed by atoms with E-state index in [1.54, 1.807) is 24.5 Å². The predicted molar refractivity (Wildman–Crippen MR) is 79.6 cm³/mol. The van der Waals surface area contributed by atoms with Crippen LogP contribution >= 0.6 is 11.6 Å². The number of anilines is 1. The molecule has 1 N–H and O–H groups in total. The third-order valence-corrected chi connectivity index (χ3v) is 3.41. The molecule has 0 amide bonds. The molecule has 0 aliphatic carbocycles. The van der Waals surface area contributed by atoms with Crippen molar-refractivity contribution in [2.75, 3.05) is 18.5 Å². The van der Waals surface area contributed by atoms with Crippen molar-refractivity contribution in [3.63, 3.8) is 0 Å². The number of aromatic carboxylic acids is 1. The highest BCUT2D eigenvalue weighted by molar-refractivity contribution is 6.33. The van der Waals surface area contributed by atoms with E-state index in [1.165, 1.54) is 11.6 Å². The van der Waals surface area contributed by atoms with Crippen LogP contribution in [0.25, 0.3) is 0 Å². The average molecular weight is 291 g/mol. The van der Waals surface area contributed by atoms with Crippen molar-refractivity contribution < 1.29 is 9.90 Å². The van der Waals surface area contributed by atoms with E-state index in [0.717, 1.165) is 18.7 Å². The third-order valence-electron chi connectivity index (χ3n) is 3.09. The Hall–Kier alpha value is -2.07. The molecule has 0 aliphatic heterocycles. The molecule has 0 fully saturated rings. The fraction of sp³-hybridized carbons (Fsp3) is 0.200. The van der Waals surface area contributed by atoms with Gasteiger partial charge in [0.25, 0.3) is 0 Å². The van der Waals surface area contributed by atoms with E-state index in [9.17, 15) is 4.79 Å². The van der Waals surface area contributed by atoms with Crippen LogP contribution in [0.5, 0.6) is 0 Å². The number of nitrogens with zero attached hydrogens (tertiary/aromatic N) is 2. The maximum atomic E-state index is 11.0. The molecule has 1 heterocycles. The zero-order chi connectivity index (χ0) is 14.5. The van der Waals surface area contributed by atoms with Crippen molar-refractivity contribution in [3.05, 3.63) is 58.9 Å². The zero-order valence-electron chi connectivity index (χ0n) is 11.1. The maximum absolute atomic E-state index is 11.0. The summed E-state index contributed by atoms with van der Waals surface area (Å²) in [6, 6.07) is 8.64. The first-order chi connectivity index (χ1) is 9.58. The normalized spacial score (nSPS) is 10.3. The van der Waals surface area contributed by atoms with Gasteiger partial charge in [-0.15, -0.1) is 0 Å². The van der Waals surface area contributed by atoms with Gasteiger partial charge in [0.1, 0.15) is 0 Å². The second-order valence-electron chi connectivity index (χ2n) is 4.50. The van der Waals surface area contributed by atoms with Gasteiger partial charge in [0.2, 0.25) is 0 Å². The smallest absolute Gasteiger partial charge is 0.335 e. The van der Waals surface area contributed by atoms with Gasteiger partial charge in [-0.1, -0.05) is 11.6 Å². The monoisotopic (exact) mass is 290 g/mol. The van der Waals surface area contributed by atoms with Gasteiger partial charge in [0.05, 0.1) is 16.3 Å². The van der Waals surface area contributed by atoms with Crippen molar-refractivity contribution in [2.24, 2.45) is 0 Å². The van der Waals surface area contributed by atoms with Crippen LogP contribution in [0, 0.1) is 0 Å². The summed E-state index contributed by atoms with van der Waals surface area (Å²) in [5.41, 5.74) is 2.14. The lowest BCUT2D eigenvalue weighted by molar-refractivity contribution is 0.0697. The molecular weight excluding hydrogens is 276 g/mol. The molecule has 20 heavy (non-hydrogen) atoms. The van der Waals surface area contributed by atoms with Crippen molar-refractivity contribution in [2.45, 2.75) is 6.42 Å². The summed E-state index contributed by atoms with van der Waals surface area (Å²) < 4.78 is 0. The molecule has 0 saturated carbocycles. The first-order valence-electron chi connectivity index (χ1n) is 6.21. The molecule has 2 rings (SSSR count). The molecule has 5 heteroatoms. The second-order valence-corrected chi connectivity index (χ2v) is 4.91. The van der Waals surface area contributed by atoms with E-state index in [-0.39, 0.29) is 5.56 Å². The van der Waals surface area contributed by atoms with Crippen LogP contribution in [0.1, 0.15) is 15.9 Å². The number of halogens is 1. The Morgan fingerprint density at radius 1 is 1.30 bits per heavy atom. The summed E-state index contributed by atoms with van der Waals surface area (Å²) in [5, 5.41) is 9.57. The maximum Gasteiger partial charge on any atom is 0.335 e. The van der Waals surface area contributed by atoms with Crippen molar-refractivity contribution in [1.29, 1.82) is 0 Å². The summed E-state index contributed by atoms with van der Waals surface area (Å²) in [4.78, 5) is 16.9. The molecular formula is C15H15ClN2O2. The molecule has 1 aromatic carbocycles. The van der Waals surface area contributed by atoms with Gasteiger partial charge < -0.3 is 10.0 Å². The third kappa shape index (κ3) is 3.48. The fourth-order valence-electron chi connectivity index (χ4n) is 1.90. The number of carbonyl (C=O) groups is 1. The lowest BCUT2D eigenvalue weighted by Gasteiger charge is -2.21. The quantitative estimate of drug-likeness (QED) is 0.919. The molecule has 0 bridgehead atoms. The van der Waals surface area contributed by atoms with Gasteiger partial charge in [0, 0.05) is 26.0 Å². The van der Waals surface area contributed by atoms with Crippen LogP contribution in [-0.4, -0.2) is 29.7 Å². The lowest BCUT2D eigenvalue weighted by atomic mass is 10.1. The number of carboxylic acids is 1. The number of rotatable bonds is 5. The second kappa shape index (κ2) is 6.39. The zero-order valence-corrected chi connectivity index (χ0v) is 11.8. The Balaban J connectivity index is 2.10. The first-order valence-corrected chi connectivity index (χ1v) is 6.58. The summed E-state index contributed by atoms with van der Waals surface area (Å²) in [7, 11) is 1.90. The molecule has 1 aromatic heterocycles. The fourth-order valence-corrected chi connectivity index (χ4v) is 2.17. The lowest BCUT2D eigenvalue weighted by Crippen LogP contribution is -2.21. The number of aromatic nitrogens is 1. The summed E-state index contributed by atoms with van der Waals surface area (Å²) in [6.07, 6.45) is 4.35. The van der Waals surface area contributed by atoms with Crippen LogP contribution < -0.4 is 4.90 Å². The Morgan fingerprint density at radius 2 is 2.00 bits per heavy atom. The minimum atomic E-state index is -0.953. The van der Waals surface area contributed by atoms with Crippen LogP contribution in [0.2, 0.25) is 5.02 Å². The van der Waals surface area contributed by atoms with Crippen LogP contribution in [0.15, 0.2) is 42.7 Å².